The number of aliphatic hydroxyl groups excluding tert-OH is 2. The number of rotatable bonds is 13. The Balaban J connectivity index is 2.27. The van der Waals surface area contributed by atoms with E-state index in [2.05, 4.69) is 13.5 Å². The number of aliphatic hydroxyl groups is 2. The van der Waals surface area contributed by atoms with E-state index in [1.165, 1.54) is 0 Å². The molecule has 6 nitrogen and oxygen atoms in total. The minimum Gasteiger partial charge on any atom is -0.491 e. The number of benzene rings is 2. The van der Waals surface area contributed by atoms with Crippen molar-refractivity contribution in [3.8, 4) is 11.5 Å². The van der Waals surface area contributed by atoms with E-state index in [0.29, 0.717) is 17.9 Å². The fourth-order valence-corrected chi connectivity index (χ4v) is 3.20. The molecule has 2 rings (SSSR count). The molecule has 2 N–H and O–H groups in total. The summed E-state index contributed by atoms with van der Waals surface area (Å²) < 4.78 is 16.0. The molecule has 0 heterocycles. The number of carbonyl (C=O) groups is 1. The Hall–Kier alpha value is -2.83. The van der Waals surface area contributed by atoms with Crippen molar-refractivity contribution in [3.05, 3.63) is 72.3 Å². The molecule has 0 atom stereocenters. The van der Waals surface area contributed by atoms with Gasteiger partial charge in [-0.15, -0.1) is 0 Å². The van der Waals surface area contributed by atoms with Gasteiger partial charge in [0.2, 0.25) is 0 Å². The molecule has 2 aromatic rings. The van der Waals surface area contributed by atoms with Crippen LogP contribution >= 0.6 is 0 Å². The van der Waals surface area contributed by atoms with Gasteiger partial charge in [-0.05, 0) is 41.8 Å². The van der Waals surface area contributed by atoms with Gasteiger partial charge in [0.15, 0.2) is 0 Å². The third kappa shape index (κ3) is 6.61. The Bertz CT molecular complexity index is 731. The molecule has 0 radical (unpaired) electrons. The zero-order valence-electron chi connectivity index (χ0n) is 17.4. The highest BCUT2D eigenvalue weighted by Gasteiger charge is 2.30. The lowest BCUT2D eigenvalue weighted by Gasteiger charge is -2.31. The van der Waals surface area contributed by atoms with E-state index < -0.39 is 5.41 Å². The molecule has 162 valence electrons. The van der Waals surface area contributed by atoms with E-state index in [0.717, 1.165) is 11.1 Å². The van der Waals surface area contributed by atoms with Crippen LogP contribution in [0.3, 0.4) is 0 Å². The maximum absolute atomic E-state index is 12.1. The fourth-order valence-electron chi connectivity index (χ4n) is 3.20. The maximum Gasteiger partial charge on any atom is 0.306 e. The van der Waals surface area contributed by atoms with Crippen LogP contribution in [0, 0.1) is 0 Å². The van der Waals surface area contributed by atoms with Crippen LogP contribution in [0.15, 0.2) is 61.2 Å². The van der Waals surface area contributed by atoms with Crippen LogP contribution in [-0.2, 0) is 14.9 Å². The monoisotopic (exact) mass is 414 g/mol. The van der Waals surface area contributed by atoms with Crippen LogP contribution in [0.4, 0.5) is 0 Å². The number of hydrogen-bond donors (Lipinski definition) is 2. The zero-order valence-corrected chi connectivity index (χ0v) is 17.4. The van der Waals surface area contributed by atoms with Crippen molar-refractivity contribution in [2.24, 2.45) is 0 Å². The van der Waals surface area contributed by atoms with E-state index in [-0.39, 0.29) is 45.4 Å². The molecule has 0 saturated carbocycles. The van der Waals surface area contributed by atoms with Crippen LogP contribution in [0.2, 0.25) is 0 Å². The zero-order chi connectivity index (χ0) is 21.8. The second kappa shape index (κ2) is 12.0. The van der Waals surface area contributed by atoms with Gasteiger partial charge in [-0.2, -0.15) is 0 Å². The molecular weight excluding hydrogens is 384 g/mol. The standard InChI is InChI=1S/C24H30O6/c1-3-16-30-23(27)12-13-24(2,19-4-8-21(9-5-19)28-17-14-25)20-6-10-22(11-7-20)29-18-15-26/h3-11,25-26H,1,12-18H2,2H3. The molecule has 0 aliphatic heterocycles. The van der Waals surface area contributed by atoms with E-state index in [4.69, 9.17) is 24.4 Å². The molecule has 0 spiro atoms. The first-order valence-corrected chi connectivity index (χ1v) is 9.98. The van der Waals surface area contributed by atoms with Crippen LogP contribution in [-0.4, -0.2) is 49.2 Å². The summed E-state index contributed by atoms with van der Waals surface area (Å²) in [4.78, 5) is 12.1. The van der Waals surface area contributed by atoms with E-state index in [1.54, 1.807) is 6.08 Å². The van der Waals surface area contributed by atoms with E-state index in [9.17, 15) is 4.79 Å². The van der Waals surface area contributed by atoms with Gasteiger partial charge in [-0.3, -0.25) is 4.79 Å². The Morgan fingerprint density at radius 1 is 0.933 bits per heavy atom. The second-order valence-electron chi connectivity index (χ2n) is 7.00. The molecule has 0 fully saturated rings. The highest BCUT2D eigenvalue weighted by atomic mass is 16.5. The van der Waals surface area contributed by atoms with Gasteiger partial charge in [0.25, 0.3) is 0 Å². The minimum absolute atomic E-state index is 0.0447. The quantitative estimate of drug-likeness (QED) is 0.387. The molecule has 0 bridgehead atoms. The predicted molar refractivity (Wildman–Crippen MR) is 115 cm³/mol. The first-order chi connectivity index (χ1) is 14.5. The van der Waals surface area contributed by atoms with Gasteiger partial charge in [0, 0.05) is 11.8 Å². The highest BCUT2D eigenvalue weighted by molar-refractivity contribution is 5.69. The summed E-state index contributed by atoms with van der Waals surface area (Å²) >= 11 is 0. The molecule has 2 aromatic carbocycles. The number of carbonyl (C=O) groups excluding carboxylic acids is 1. The maximum atomic E-state index is 12.1. The minimum atomic E-state index is -0.446. The molecule has 0 aliphatic carbocycles. The van der Waals surface area contributed by atoms with Crippen molar-refractivity contribution in [2.45, 2.75) is 25.2 Å². The molecule has 0 unspecified atom stereocenters. The van der Waals surface area contributed by atoms with Gasteiger partial charge in [0.1, 0.15) is 31.3 Å². The van der Waals surface area contributed by atoms with Crippen molar-refractivity contribution in [2.75, 3.05) is 33.0 Å². The van der Waals surface area contributed by atoms with Crippen molar-refractivity contribution >= 4 is 5.97 Å². The summed E-state index contributed by atoms with van der Waals surface area (Å²) in [5, 5.41) is 17.8. The SMILES string of the molecule is C=CCOC(=O)CCC(C)(c1ccc(OCCO)cc1)c1ccc(OCCO)cc1. The molecule has 6 heteroatoms. The molecule has 0 saturated heterocycles. The summed E-state index contributed by atoms with van der Waals surface area (Å²) in [6.45, 7) is 6.23. The van der Waals surface area contributed by atoms with Crippen LogP contribution in [0.1, 0.15) is 30.9 Å². The topological polar surface area (TPSA) is 85.2 Å². The van der Waals surface area contributed by atoms with Gasteiger partial charge < -0.3 is 24.4 Å². The van der Waals surface area contributed by atoms with Crippen molar-refractivity contribution in [1.82, 2.24) is 0 Å². The van der Waals surface area contributed by atoms with Gasteiger partial charge in [0.05, 0.1) is 13.2 Å². The molecule has 0 aliphatic rings. The first-order valence-electron chi connectivity index (χ1n) is 9.98. The molecule has 0 aromatic heterocycles. The van der Waals surface area contributed by atoms with Crippen LogP contribution in [0.5, 0.6) is 11.5 Å². The Morgan fingerprint density at radius 2 is 1.40 bits per heavy atom. The number of esters is 1. The summed E-state index contributed by atoms with van der Waals surface area (Å²) in [5.74, 6) is 1.08. The smallest absolute Gasteiger partial charge is 0.306 e. The van der Waals surface area contributed by atoms with Gasteiger partial charge in [-0.1, -0.05) is 43.8 Å². The highest BCUT2D eigenvalue weighted by Crippen LogP contribution is 2.38. The van der Waals surface area contributed by atoms with Crippen molar-refractivity contribution < 1.29 is 29.2 Å². The first kappa shape index (κ1) is 23.4. The fraction of sp³-hybridized carbons (Fsp3) is 0.375. The average Bonchev–Trinajstić information content (AvgIpc) is 2.79. The predicted octanol–water partition coefficient (Wildman–Crippen LogP) is 3.24. The van der Waals surface area contributed by atoms with Crippen LogP contribution < -0.4 is 9.47 Å². The summed E-state index contributed by atoms with van der Waals surface area (Å²) in [5.41, 5.74) is 1.61. The number of hydrogen-bond acceptors (Lipinski definition) is 6. The molecular formula is C24H30O6. The third-order valence-corrected chi connectivity index (χ3v) is 4.89. The van der Waals surface area contributed by atoms with Gasteiger partial charge in [-0.25, -0.2) is 0 Å². The van der Waals surface area contributed by atoms with E-state index in [1.807, 2.05) is 48.5 Å². The normalized spacial score (nSPS) is 11.0. The van der Waals surface area contributed by atoms with Crippen molar-refractivity contribution in [3.63, 3.8) is 0 Å². The lowest BCUT2D eigenvalue weighted by atomic mass is 9.73. The van der Waals surface area contributed by atoms with Crippen LogP contribution in [0.25, 0.3) is 0 Å². The lowest BCUT2D eigenvalue weighted by molar-refractivity contribution is -0.142. The molecule has 30 heavy (non-hydrogen) atoms. The second-order valence-corrected chi connectivity index (χ2v) is 7.00. The Labute approximate surface area is 177 Å². The summed E-state index contributed by atoms with van der Waals surface area (Å²) in [7, 11) is 0. The van der Waals surface area contributed by atoms with Gasteiger partial charge >= 0.3 is 5.97 Å². The van der Waals surface area contributed by atoms with E-state index >= 15 is 0 Å². The summed E-state index contributed by atoms with van der Waals surface area (Å²) in [6, 6.07) is 15.3. The van der Waals surface area contributed by atoms with Crippen molar-refractivity contribution in [1.29, 1.82) is 0 Å². The lowest BCUT2D eigenvalue weighted by Crippen LogP contribution is -2.25. The number of ether oxygens (including phenoxy) is 3. The Kier molecular flexibility index (Phi) is 9.38. The third-order valence-electron chi connectivity index (χ3n) is 4.89. The summed E-state index contributed by atoms with van der Waals surface area (Å²) in [6.07, 6.45) is 2.36. The molecule has 0 amide bonds. The largest absolute Gasteiger partial charge is 0.491 e. The Morgan fingerprint density at radius 3 is 1.80 bits per heavy atom. The average molecular weight is 414 g/mol.